The molecular weight excluding hydrogens is 332 g/mol. The van der Waals surface area contributed by atoms with E-state index in [2.05, 4.69) is 75.0 Å². The van der Waals surface area contributed by atoms with E-state index in [0.29, 0.717) is 5.76 Å². The molecule has 1 N–H and O–H groups in total. The van der Waals surface area contributed by atoms with Gasteiger partial charge in [-0.1, -0.05) is 67.3 Å². The molecule has 2 nitrogen and oxygen atoms in total. The number of aliphatic hydroxyl groups is 1. The van der Waals surface area contributed by atoms with E-state index in [1.54, 1.807) is 6.08 Å². The smallest absolute Gasteiger partial charge is 0.134 e. The Bertz CT molecular complexity index is 944. The third-order valence-corrected chi connectivity index (χ3v) is 5.50. The van der Waals surface area contributed by atoms with Crippen molar-refractivity contribution in [1.82, 2.24) is 0 Å². The lowest BCUT2D eigenvalue weighted by Gasteiger charge is -2.40. The van der Waals surface area contributed by atoms with Crippen LogP contribution in [0, 0.1) is 0 Å². The molecule has 0 spiro atoms. The predicted octanol–water partition coefficient (Wildman–Crippen LogP) is 6.84. The second-order valence-corrected chi connectivity index (χ2v) is 7.05. The van der Waals surface area contributed by atoms with Gasteiger partial charge >= 0.3 is 0 Å². The fourth-order valence-corrected chi connectivity index (χ4v) is 3.79. The molecule has 1 unspecified atom stereocenters. The van der Waals surface area contributed by atoms with Gasteiger partial charge in [-0.05, 0) is 50.0 Å². The zero-order chi connectivity index (χ0) is 19.6. The lowest BCUT2D eigenvalue weighted by atomic mass is 9.68. The van der Waals surface area contributed by atoms with E-state index >= 15 is 0 Å². The largest absolute Gasteiger partial charge is 0.508 e. The second kappa shape index (κ2) is 7.32. The standard InChI is InChI=1S/C25H26O2/c1-6-23-24(16-17(2)26)27-19(4)18(3)25(23,5)22-14-12-21(13-15-22)20-10-8-7-9-11-20/h6-16,26H,2H2,1,3-5H3/b23-6+,24-16+. The molecule has 2 heteroatoms. The van der Waals surface area contributed by atoms with Crippen molar-refractivity contribution >= 4 is 0 Å². The van der Waals surface area contributed by atoms with E-state index in [4.69, 9.17) is 4.74 Å². The Kier molecular flexibility index (Phi) is 5.09. The van der Waals surface area contributed by atoms with Crippen LogP contribution in [0.1, 0.15) is 33.3 Å². The van der Waals surface area contributed by atoms with Gasteiger partial charge in [0.2, 0.25) is 0 Å². The highest BCUT2D eigenvalue weighted by Crippen LogP contribution is 2.48. The first-order valence-corrected chi connectivity index (χ1v) is 9.16. The van der Waals surface area contributed by atoms with Crippen LogP contribution >= 0.6 is 0 Å². The van der Waals surface area contributed by atoms with Gasteiger partial charge in [0.15, 0.2) is 0 Å². The minimum atomic E-state index is -0.340. The van der Waals surface area contributed by atoms with E-state index < -0.39 is 0 Å². The van der Waals surface area contributed by atoms with E-state index in [1.807, 2.05) is 19.9 Å². The van der Waals surface area contributed by atoms with Gasteiger partial charge in [0.1, 0.15) is 17.3 Å². The number of aliphatic hydroxyl groups excluding tert-OH is 1. The van der Waals surface area contributed by atoms with E-state index in [1.165, 1.54) is 16.7 Å². The van der Waals surface area contributed by atoms with E-state index in [0.717, 1.165) is 16.9 Å². The maximum absolute atomic E-state index is 9.68. The van der Waals surface area contributed by atoms with Crippen molar-refractivity contribution in [2.75, 3.05) is 0 Å². The van der Waals surface area contributed by atoms with Crippen LogP contribution in [-0.2, 0) is 10.2 Å². The number of allylic oxidation sites excluding steroid dienone is 5. The van der Waals surface area contributed by atoms with Gasteiger partial charge < -0.3 is 9.84 Å². The Hall–Kier alpha value is -3.00. The van der Waals surface area contributed by atoms with Gasteiger partial charge in [0.25, 0.3) is 0 Å². The summed E-state index contributed by atoms with van der Waals surface area (Å²) in [4.78, 5) is 0. The molecule has 1 atom stereocenters. The van der Waals surface area contributed by atoms with Crippen LogP contribution in [0.3, 0.4) is 0 Å². The first-order chi connectivity index (χ1) is 12.9. The molecule has 1 aliphatic rings. The molecular formula is C25H26O2. The van der Waals surface area contributed by atoms with Crippen molar-refractivity contribution in [3.05, 3.63) is 107 Å². The van der Waals surface area contributed by atoms with Crippen molar-refractivity contribution in [3.63, 3.8) is 0 Å². The summed E-state index contributed by atoms with van der Waals surface area (Å²) >= 11 is 0. The number of hydrogen-bond acceptors (Lipinski definition) is 2. The SMILES string of the molecule is C=C(O)/C=C1/OC(C)=C(C)C(C)(c2ccc(-c3ccccc3)cc2)/C1=C/C. The highest BCUT2D eigenvalue weighted by atomic mass is 16.5. The lowest BCUT2D eigenvalue weighted by Crippen LogP contribution is -2.32. The maximum atomic E-state index is 9.68. The Morgan fingerprint density at radius 2 is 1.59 bits per heavy atom. The molecule has 0 saturated carbocycles. The van der Waals surface area contributed by atoms with Gasteiger partial charge in [0.05, 0.1) is 0 Å². The second-order valence-electron chi connectivity index (χ2n) is 7.05. The Morgan fingerprint density at radius 1 is 1.00 bits per heavy atom. The molecule has 0 saturated heterocycles. The summed E-state index contributed by atoms with van der Waals surface area (Å²) in [5.74, 6) is 1.48. The summed E-state index contributed by atoms with van der Waals surface area (Å²) in [7, 11) is 0. The highest BCUT2D eigenvalue weighted by Gasteiger charge is 2.40. The van der Waals surface area contributed by atoms with Crippen LogP contribution in [0.4, 0.5) is 0 Å². The number of rotatable bonds is 3. The van der Waals surface area contributed by atoms with Crippen LogP contribution in [0.2, 0.25) is 0 Å². The summed E-state index contributed by atoms with van der Waals surface area (Å²) in [6, 6.07) is 19.0. The fraction of sp³-hybridized carbons (Fsp3) is 0.200. The molecule has 1 aliphatic heterocycles. The molecule has 0 bridgehead atoms. The average molecular weight is 358 g/mol. The topological polar surface area (TPSA) is 29.5 Å². The molecule has 1 heterocycles. The zero-order valence-electron chi connectivity index (χ0n) is 16.4. The minimum absolute atomic E-state index is 0.0153. The van der Waals surface area contributed by atoms with E-state index in [9.17, 15) is 5.11 Å². The number of benzene rings is 2. The summed E-state index contributed by atoms with van der Waals surface area (Å²) in [5, 5.41) is 9.68. The monoisotopic (exact) mass is 358 g/mol. The van der Waals surface area contributed by atoms with Gasteiger partial charge in [-0.2, -0.15) is 0 Å². The molecule has 2 aromatic rings. The molecule has 0 radical (unpaired) electrons. The fourth-order valence-electron chi connectivity index (χ4n) is 3.79. The molecule has 2 aromatic carbocycles. The molecule has 0 aliphatic carbocycles. The van der Waals surface area contributed by atoms with Crippen LogP contribution in [-0.4, -0.2) is 5.11 Å². The van der Waals surface area contributed by atoms with Crippen molar-refractivity contribution < 1.29 is 9.84 Å². The normalized spacial score (nSPS) is 22.8. The Balaban J connectivity index is 2.12. The van der Waals surface area contributed by atoms with Crippen molar-refractivity contribution in [1.29, 1.82) is 0 Å². The van der Waals surface area contributed by atoms with Crippen LogP contribution < -0.4 is 0 Å². The first kappa shape index (κ1) is 18.8. The molecule has 27 heavy (non-hydrogen) atoms. The molecule has 0 aromatic heterocycles. The molecule has 0 amide bonds. The lowest BCUT2D eigenvalue weighted by molar-refractivity contribution is 0.272. The van der Waals surface area contributed by atoms with Crippen LogP contribution in [0.25, 0.3) is 11.1 Å². The molecule has 3 rings (SSSR count). The highest BCUT2D eigenvalue weighted by molar-refractivity contribution is 5.65. The quantitative estimate of drug-likeness (QED) is 0.609. The van der Waals surface area contributed by atoms with E-state index in [-0.39, 0.29) is 11.2 Å². The van der Waals surface area contributed by atoms with Gasteiger partial charge in [-0.15, -0.1) is 0 Å². The van der Waals surface area contributed by atoms with Crippen molar-refractivity contribution in [2.24, 2.45) is 0 Å². The molecule has 0 fully saturated rings. The summed E-state index contributed by atoms with van der Waals surface area (Å²) in [6.45, 7) is 11.9. The van der Waals surface area contributed by atoms with Crippen LogP contribution in [0.5, 0.6) is 0 Å². The van der Waals surface area contributed by atoms with Gasteiger partial charge in [-0.25, -0.2) is 0 Å². The zero-order valence-corrected chi connectivity index (χ0v) is 16.4. The summed E-state index contributed by atoms with van der Waals surface area (Å²) in [6.07, 6.45) is 3.64. The Morgan fingerprint density at radius 3 is 2.15 bits per heavy atom. The Labute approximate surface area is 161 Å². The number of hydrogen-bond donors (Lipinski definition) is 1. The van der Waals surface area contributed by atoms with Crippen molar-refractivity contribution in [3.8, 4) is 11.1 Å². The minimum Gasteiger partial charge on any atom is -0.508 e. The first-order valence-electron chi connectivity index (χ1n) is 9.16. The summed E-state index contributed by atoms with van der Waals surface area (Å²) in [5.41, 5.74) is 5.41. The van der Waals surface area contributed by atoms with Gasteiger partial charge in [-0.3, -0.25) is 0 Å². The summed E-state index contributed by atoms with van der Waals surface area (Å²) < 4.78 is 5.97. The number of ether oxygens (including phenoxy) is 1. The average Bonchev–Trinajstić information content (AvgIpc) is 2.67. The third kappa shape index (κ3) is 3.35. The van der Waals surface area contributed by atoms with Crippen LogP contribution in [0.15, 0.2) is 102 Å². The maximum Gasteiger partial charge on any atom is 0.134 e. The molecule has 138 valence electrons. The third-order valence-electron chi connectivity index (χ3n) is 5.50. The van der Waals surface area contributed by atoms with Gasteiger partial charge in [0, 0.05) is 17.1 Å². The van der Waals surface area contributed by atoms with Crippen molar-refractivity contribution in [2.45, 2.75) is 33.1 Å². The predicted molar refractivity (Wildman–Crippen MR) is 112 cm³/mol.